The first-order valence-electron chi connectivity index (χ1n) is 6.95. The van der Waals surface area contributed by atoms with E-state index in [2.05, 4.69) is 41.0 Å². The molecule has 1 aromatic rings. The van der Waals surface area contributed by atoms with Crippen LogP contribution in [0.1, 0.15) is 37.2 Å². The van der Waals surface area contributed by atoms with Crippen LogP contribution in [0.4, 0.5) is 0 Å². The maximum absolute atomic E-state index is 3.82. The zero-order valence-electron chi connectivity index (χ0n) is 10.4. The number of nitrogens with one attached hydrogen (secondary N) is 2. The number of rotatable bonds is 3. The summed E-state index contributed by atoms with van der Waals surface area (Å²) in [5.41, 5.74) is 1.51. The van der Waals surface area contributed by atoms with Crippen molar-refractivity contribution in [1.82, 2.24) is 10.6 Å². The molecule has 1 saturated carbocycles. The Morgan fingerprint density at radius 1 is 1.12 bits per heavy atom. The minimum Gasteiger partial charge on any atom is -0.315 e. The molecular formula is C15H22N2. The molecule has 1 saturated heterocycles. The average molecular weight is 230 g/mol. The van der Waals surface area contributed by atoms with Crippen LogP contribution >= 0.6 is 0 Å². The fourth-order valence-corrected chi connectivity index (χ4v) is 2.91. The maximum Gasteiger partial charge on any atom is 0.0195 e. The second-order valence-corrected chi connectivity index (χ2v) is 5.42. The van der Waals surface area contributed by atoms with Crippen molar-refractivity contribution >= 4 is 0 Å². The lowest BCUT2D eigenvalue weighted by atomic mass is 10.1. The molecule has 1 unspecified atom stereocenters. The first-order valence-corrected chi connectivity index (χ1v) is 6.95. The fraction of sp³-hybridized carbons (Fsp3) is 0.600. The molecule has 17 heavy (non-hydrogen) atoms. The van der Waals surface area contributed by atoms with Crippen LogP contribution in [0.5, 0.6) is 0 Å². The largest absolute Gasteiger partial charge is 0.315 e. The summed E-state index contributed by atoms with van der Waals surface area (Å²) in [5, 5.41) is 7.34. The highest BCUT2D eigenvalue weighted by Gasteiger charge is 2.39. The minimum atomic E-state index is 0.691. The summed E-state index contributed by atoms with van der Waals surface area (Å²) in [5.74, 6) is 0.763. The summed E-state index contributed by atoms with van der Waals surface area (Å²) in [7, 11) is 0. The van der Waals surface area contributed by atoms with E-state index in [-0.39, 0.29) is 0 Å². The highest BCUT2D eigenvalue weighted by atomic mass is 15.0. The molecule has 1 aromatic carbocycles. The average Bonchev–Trinajstić information content (AvgIpc) is 3.16. The third kappa shape index (κ3) is 2.88. The summed E-state index contributed by atoms with van der Waals surface area (Å²) in [4.78, 5) is 0. The van der Waals surface area contributed by atoms with Crippen LogP contribution in [0.2, 0.25) is 0 Å². The molecule has 3 rings (SSSR count). The molecule has 1 aliphatic heterocycles. The molecule has 0 radical (unpaired) electrons. The van der Waals surface area contributed by atoms with Crippen molar-refractivity contribution in [2.24, 2.45) is 0 Å². The van der Waals surface area contributed by atoms with Gasteiger partial charge in [-0.3, -0.25) is 0 Å². The van der Waals surface area contributed by atoms with Crippen LogP contribution in [0, 0.1) is 0 Å². The van der Waals surface area contributed by atoms with Crippen LogP contribution in [0.25, 0.3) is 0 Å². The Morgan fingerprint density at radius 2 is 2.00 bits per heavy atom. The van der Waals surface area contributed by atoms with Gasteiger partial charge in [-0.1, -0.05) is 36.8 Å². The molecule has 2 aliphatic rings. The Labute approximate surface area is 104 Å². The van der Waals surface area contributed by atoms with Crippen molar-refractivity contribution in [3.05, 3.63) is 35.9 Å². The maximum atomic E-state index is 3.82. The molecule has 0 aromatic heterocycles. The summed E-state index contributed by atoms with van der Waals surface area (Å²) in [6.07, 6.45) is 5.36. The second-order valence-electron chi connectivity index (χ2n) is 5.42. The Kier molecular flexibility index (Phi) is 3.44. The van der Waals surface area contributed by atoms with Gasteiger partial charge in [0, 0.05) is 24.5 Å². The van der Waals surface area contributed by atoms with Crippen LogP contribution in [-0.4, -0.2) is 25.2 Å². The van der Waals surface area contributed by atoms with E-state index >= 15 is 0 Å². The van der Waals surface area contributed by atoms with Gasteiger partial charge in [-0.15, -0.1) is 0 Å². The van der Waals surface area contributed by atoms with Crippen molar-refractivity contribution < 1.29 is 0 Å². The predicted molar refractivity (Wildman–Crippen MR) is 71.2 cm³/mol. The van der Waals surface area contributed by atoms with Crippen LogP contribution in [-0.2, 0) is 0 Å². The summed E-state index contributed by atoms with van der Waals surface area (Å²) < 4.78 is 0. The normalized spacial score (nSPS) is 33.1. The SMILES string of the molecule is c1ccc([C@@H]2C[C@H]2NC2CCCCNC2)cc1. The summed E-state index contributed by atoms with van der Waals surface area (Å²) in [6.45, 7) is 2.35. The molecule has 1 aliphatic carbocycles. The lowest BCUT2D eigenvalue weighted by molar-refractivity contribution is 0.468. The number of hydrogen-bond acceptors (Lipinski definition) is 2. The van der Waals surface area contributed by atoms with E-state index in [1.54, 1.807) is 0 Å². The van der Waals surface area contributed by atoms with Gasteiger partial charge in [-0.05, 0) is 31.4 Å². The third-order valence-electron chi connectivity index (χ3n) is 4.01. The standard InChI is InChI=1S/C15H22N2/c1-2-6-12(7-3-1)14-10-15(14)17-13-8-4-5-9-16-11-13/h1-3,6-7,13-17H,4-5,8-11H2/t13?,14-,15+/m0/s1. The minimum absolute atomic E-state index is 0.691. The Morgan fingerprint density at radius 3 is 2.88 bits per heavy atom. The molecule has 2 N–H and O–H groups in total. The van der Waals surface area contributed by atoms with Gasteiger partial charge in [-0.2, -0.15) is 0 Å². The smallest absolute Gasteiger partial charge is 0.0195 e. The third-order valence-corrected chi connectivity index (χ3v) is 4.01. The van der Waals surface area contributed by atoms with Crippen molar-refractivity contribution in [2.45, 2.75) is 43.7 Å². The van der Waals surface area contributed by atoms with E-state index in [1.807, 2.05) is 0 Å². The van der Waals surface area contributed by atoms with E-state index in [1.165, 1.54) is 37.8 Å². The van der Waals surface area contributed by atoms with E-state index in [9.17, 15) is 0 Å². The topological polar surface area (TPSA) is 24.1 Å². The van der Waals surface area contributed by atoms with Gasteiger partial charge in [0.25, 0.3) is 0 Å². The summed E-state index contributed by atoms with van der Waals surface area (Å²) >= 11 is 0. The number of hydrogen-bond donors (Lipinski definition) is 2. The molecule has 3 atom stereocenters. The monoisotopic (exact) mass is 230 g/mol. The van der Waals surface area contributed by atoms with Crippen LogP contribution in [0.15, 0.2) is 30.3 Å². The second kappa shape index (κ2) is 5.19. The molecular weight excluding hydrogens is 208 g/mol. The summed E-state index contributed by atoms with van der Waals surface area (Å²) in [6, 6.07) is 12.3. The zero-order valence-corrected chi connectivity index (χ0v) is 10.4. The molecule has 2 fully saturated rings. The first kappa shape index (κ1) is 11.2. The van der Waals surface area contributed by atoms with Crippen molar-refractivity contribution in [2.75, 3.05) is 13.1 Å². The first-order chi connectivity index (χ1) is 8.43. The number of benzene rings is 1. The molecule has 2 heteroatoms. The fourth-order valence-electron chi connectivity index (χ4n) is 2.91. The van der Waals surface area contributed by atoms with Gasteiger partial charge < -0.3 is 10.6 Å². The van der Waals surface area contributed by atoms with E-state index in [0.29, 0.717) is 6.04 Å². The van der Waals surface area contributed by atoms with E-state index in [0.717, 1.165) is 18.5 Å². The van der Waals surface area contributed by atoms with Gasteiger partial charge in [0.15, 0.2) is 0 Å². The van der Waals surface area contributed by atoms with Gasteiger partial charge in [0.2, 0.25) is 0 Å². The van der Waals surface area contributed by atoms with E-state index in [4.69, 9.17) is 0 Å². The molecule has 1 heterocycles. The van der Waals surface area contributed by atoms with Crippen LogP contribution < -0.4 is 10.6 Å². The lowest BCUT2D eigenvalue weighted by Crippen LogP contribution is -2.38. The molecule has 92 valence electrons. The molecule has 2 nitrogen and oxygen atoms in total. The van der Waals surface area contributed by atoms with Crippen LogP contribution in [0.3, 0.4) is 0 Å². The molecule has 0 amide bonds. The van der Waals surface area contributed by atoms with Crippen molar-refractivity contribution in [3.63, 3.8) is 0 Å². The Bertz CT molecular complexity index is 341. The quantitative estimate of drug-likeness (QED) is 0.832. The zero-order chi connectivity index (χ0) is 11.5. The Balaban J connectivity index is 1.51. The van der Waals surface area contributed by atoms with Crippen molar-refractivity contribution in [3.8, 4) is 0 Å². The molecule has 0 bridgehead atoms. The highest BCUT2D eigenvalue weighted by Crippen LogP contribution is 2.41. The lowest BCUT2D eigenvalue weighted by Gasteiger charge is -2.16. The molecule has 0 spiro atoms. The van der Waals surface area contributed by atoms with Gasteiger partial charge in [-0.25, -0.2) is 0 Å². The Hall–Kier alpha value is -0.860. The highest BCUT2D eigenvalue weighted by molar-refractivity contribution is 5.27. The predicted octanol–water partition coefficient (Wildman–Crippen LogP) is 2.27. The van der Waals surface area contributed by atoms with Gasteiger partial charge in [0.1, 0.15) is 0 Å². The van der Waals surface area contributed by atoms with Crippen molar-refractivity contribution in [1.29, 1.82) is 0 Å². The van der Waals surface area contributed by atoms with E-state index < -0.39 is 0 Å². The van der Waals surface area contributed by atoms with Gasteiger partial charge >= 0.3 is 0 Å². The van der Waals surface area contributed by atoms with Gasteiger partial charge in [0.05, 0.1) is 0 Å².